The van der Waals surface area contributed by atoms with Gasteiger partial charge >= 0.3 is 0 Å². The molecule has 0 aromatic heterocycles. The average molecular weight is 201 g/mol. The van der Waals surface area contributed by atoms with Crippen LogP contribution in [-0.2, 0) is 10.0 Å². The Balaban J connectivity index is 2.18. The number of nitrogens with one attached hydrogen (secondary N) is 1. The molecule has 2 bridgehead atoms. The summed E-state index contributed by atoms with van der Waals surface area (Å²) in [6, 6.07) is 0. The number of fused-ring (bicyclic) bond motifs is 1. The minimum absolute atomic E-state index is 0.0706. The Morgan fingerprint density at radius 1 is 1.38 bits per heavy atom. The van der Waals surface area contributed by atoms with Gasteiger partial charge in [0.05, 0.1) is 5.25 Å². The van der Waals surface area contributed by atoms with Gasteiger partial charge in [-0.2, -0.15) is 0 Å². The van der Waals surface area contributed by atoms with Gasteiger partial charge < -0.3 is 0 Å². The zero-order chi connectivity index (χ0) is 9.43. The van der Waals surface area contributed by atoms with Crippen LogP contribution in [0.2, 0.25) is 0 Å². The normalized spacial score (nSPS) is 61.7. The van der Waals surface area contributed by atoms with E-state index in [1.54, 1.807) is 0 Å². The maximum Gasteiger partial charge on any atom is 0.215 e. The largest absolute Gasteiger partial charge is 0.215 e. The van der Waals surface area contributed by atoms with Crippen LogP contribution in [0.15, 0.2) is 0 Å². The van der Waals surface area contributed by atoms with Gasteiger partial charge in [-0.05, 0) is 37.5 Å². The van der Waals surface area contributed by atoms with Gasteiger partial charge in [-0.1, -0.05) is 6.92 Å². The van der Waals surface area contributed by atoms with Gasteiger partial charge in [0.15, 0.2) is 0 Å². The zero-order valence-electron chi connectivity index (χ0n) is 7.95. The fraction of sp³-hybridized carbons (Fsp3) is 1.00. The Morgan fingerprint density at radius 3 is 2.62 bits per heavy atom. The zero-order valence-corrected chi connectivity index (χ0v) is 8.76. The van der Waals surface area contributed by atoms with Crippen LogP contribution >= 0.6 is 0 Å². The lowest BCUT2D eigenvalue weighted by atomic mass is 9.76. The van der Waals surface area contributed by atoms with E-state index in [0.29, 0.717) is 17.8 Å². The van der Waals surface area contributed by atoms with Crippen LogP contribution in [0.5, 0.6) is 0 Å². The number of hydrogen-bond acceptors (Lipinski definition) is 2. The van der Waals surface area contributed by atoms with Gasteiger partial charge in [-0.25, -0.2) is 13.1 Å². The SMILES string of the molecule is CC1C2CC3C(C2)S(=O)(=O)NC13C. The molecule has 4 heteroatoms. The lowest BCUT2D eigenvalue weighted by molar-refractivity contribution is 0.218. The molecule has 13 heavy (non-hydrogen) atoms. The van der Waals surface area contributed by atoms with Gasteiger partial charge in [0, 0.05) is 5.54 Å². The molecule has 74 valence electrons. The number of hydrogen-bond donors (Lipinski definition) is 1. The fourth-order valence-electron chi connectivity index (χ4n) is 3.80. The highest BCUT2D eigenvalue weighted by Gasteiger charge is 2.67. The summed E-state index contributed by atoms with van der Waals surface area (Å²) in [7, 11) is -2.97. The Morgan fingerprint density at radius 2 is 2.08 bits per heavy atom. The van der Waals surface area contributed by atoms with Crippen molar-refractivity contribution in [2.45, 2.75) is 37.5 Å². The molecule has 3 nitrogen and oxygen atoms in total. The van der Waals surface area contributed by atoms with E-state index in [-0.39, 0.29) is 10.8 Å². The van der Waals surface area contributed by atoms with Crippen LogP contribution in [0.4, 0.5) is 0 Å². The third-order valence-electron chi connectivity index (χ3n) is 4.72. The second-order valence-corrected chi connectivity index (χ2v) is 6.99. The molecule has 0 aromatic carbocycles. The Bertz CT molecular complexity index is 364. The monoisotopic (exact) mass is 201 g/mol. The van der Waals surface area contributed by atoms with Crippen molar-refractivity contribution in [2.75, 3.05) is 0 Å². The van der Waals surface area contributed by atoms with Crippen LogP contribution < -0.4 is 4.72 Å². The highest BCUT2D eigenvalue weighted by Crippen LogP contribution is 2.59. The van der Waals surface area contributed by atoms with Crippen molar-refractivity contribution in [3.63, 3.8) is 0 Å². The van der Waals surface area contributed by atoms with E-state index in [2.05, 4.69) is 18.6 Å². The molecule has 0 amide bonds. The highest BCUT2D eigenvalue weighted by atomic mass is 32.2. The summed E-state index contributed by atoms with van der Waals surface area (Å²) in [5.41, 5.74) is -0.119. The van der Waals surface area contributed by atoms with Gasteiger partial charge in [0.1, 0.15) is 0 Å². The van der Waals surface area contributed by atoms with Crippen molar-refractivity contribution in [3.8, 4) is 0 Å². The molecule has 5 unspecified atom stereocenters. The Hall–Kier alpha value is -0.0900. The van der Waals surface area contributed by atoms with Gasteiger partial charge in [-0.3, -0.25) is 0 Å². The van der Waals surface area contributed by atoms with Gasteiger partial charge in [0.2, 0.25) is 10.0 Å². The Kier molecular flexibility index (Phi) is 1.24. The minimum Gasteiger partial charge on any atom is -0.212 e. The van der Waals surface area contributed by atoms with Crippen molar-refractivity contribution in [1.82, 2.24) is 4.72 Å². The van der Waals surface area contributed by atoms with Crippen molar-refractivity contribution >= 4 is 10.0 Å². The molecule has 3 rings (SSSR count). The van der Waals surface area contributed by atoms with E-state index in [4.69, 9.17) is 0 Å². The minimum atomic E-state index is -2.97. The molecule has 0 radical (unpaired) electrons. The van der Waals surface area contributed by atoms with Crippen LogP contribution in [0, 0.1) is 17.8 Å². The van der Waals surface area contributed by atoms with Crippen molar-refractivity contribution in [3.05, 3.63) is 0 Å². The summed E-state index contributed by atoms with van der Waals surface area (Å²) in [5, 5.41) is -0.0706. The first-order chi connectivity index (χ1) is 5.95. The number of rotatable bonds is 0. The first-order valence-electron chi connectivity index (χ1n) is 4.98. The fourth-order valence-corrected chi connectivity index (χ4v) is 6.23. The summed E-state index contributed by atoms with van der Waals surface area (Å²) in [6.45, 7) is 4.27. The maximum absolute atomic E-state index is 11.7. The predicted octanol–water partition coefficient (Wildman–Crippen LogP) is 0.723. The van der Waals surface area contributed by atoms with Crippen molar-refractivity contribution in [1.29, 1.82) is 0 Å². The van der Waals surface area contributed by atoms with E-state index in [1.807, 2.05) is 0 Å². The topological polar surface area (TPSA) is 46.2 Å². The summed E-state index contributed by atoms with van der Waals surface area (Å²) in [6.07, 6.45) is 2.02. The average Bonchev–Trinajstić information content (AvgIpc) is 2.55. The van der Waals surface area contributed by atoms with Crippen LogP contribution in [0.25, 0.3) is 0 Å². The molecule has 1 aliphatic heterocycles. The summed E-state index contributed by atoms with van der Waals surface area (Å²) in [5.74, 6) is 1.55. The van der Waals surface area contributed by atoms with Crippen molar-refractivity contribution in [2.24, 2.45) is 17.8 Å². The molecule has 0 spiro atoms. The van der Waals surface area contributed by atoms with E-state index in [0.717, 1.165) is 12.8 Å². The van der Waals surface area contributed by atoms with E-state index >= 15 is 0 Å². The van der Waals surface area contributed by atoms with E-state index in [9.17, 15) is 8.42 Å². The molecular weight excluding hydrogens is 186 g/mol. The first kappa shape index (κ1) is 8.24. The maximum atomic E-state index is 11.7. The molecule has 2 saturated carbocycles. The number of sulfonamides is 1. The molecule has 1 N–H and O–H groups in total. The standard InChI is InChI=1S/C9H15NO2S/c1-5-6-3-7-8(4-6)13(11,12)10-9(5,7)2/h5-8,10H,3-4H2,1-2H3. The molecule has 0 aromatic rings. The molecule has 3 fully saturated rings. The van der Waals surface area contributed by atoms with Crippen LogP contribution in [-0.4, -0.2) is 19.2 Å². The second kappa shape index (κ2) is 1.96. The second-order valence-electron chi connectivity index (χ2n) is 5.09. The molecule has 5 atom stereocenters. The van der Waals surface area contributed by atoms with Gasteiger partial charge in [0.25, 0.3) is 0 Å². The molecular formula is C9H15NO2S. The molecule has 2 aliphatic carbocycles. The summed E-state index contributed by atoms with van der Waals surface area (Å²) in [4.78, 5) is 0. The van der Waals surface area contributed by atoms with Crippen LogP contribution in [0.3, 0.4) is 0 Å². The van der Waals surface area contributed by atoms with Gasteiger partial charge in [-0.15, -0.1) is 0 Å². The highest BCUT2D eigenvalue weighted by molar-refractivity contribution is 7.90. The smallest absolute Gasteiger partial charge is 0.212 e. The molecule has 1 saturated heterocycles. The van der Waals surface area contributed by atoms with E-state index < -0.39 is 10.0 Å². The third-order valence-corrected chi connectivity index (χ3v) is 6.77. The lowest BCUT2D eigenvalue weighted by Gasteiger charge is -2.33. The first-order valence-corrected chi connectivity index (χ1v) is 6.52. The molecule has 3 aliphatic rings. The molecule has 1 heterocycles. The summed E-state index contributed by atoms with van der Waals surface area (Å²) >= 11 is 0. The Labute approximate surface area is 79.0 Å². The summed E-state index contributed by atoms with van der Waals surface area (Å²) < 4.78 is 26.3. The van der Waals surface area contributed by atoms with E-state index in [1.165, 1.54) is 0 Å². The van der Waals surface area contributed by atoms with Crippen LogP contribution in [0.1, 0.15) is 26.7 Å². The predicted molar refractivity (Wildman–Crippen MR) is 49.6 cm³/mol. The quantitative estimate of drug-likeness (QED) is 0.628. The lowest BCUT2D eigenvalue weighted by Crippen LogP contribution is -2.46. The van der Waals surface area contributed by atoms with Crippen molar-refractivity contribution < 1.29 is 8.42 Å². The third kappa shape index (κ3) is 0.734.